The van der Waals surface area contributed by atoms with Gasteiger partial charge in [0.05, 0.1) is 38.7 Å². The van der Waals surface area contributed by atoms with Crippen LogP contribution in [0.5, 0.6) is 0 Å². The van der Waals surface area contributed by atoms with Gasteiger partial charge in [0.1, 0.15) is 11.3 Å². The molecule has 0 N–H and O–H groups in total. The molecular weight excluding hydrogens is 500 g/mol. The van der Waals surface area contributed by atoms with Crippen molar-refractivity contribution in [3.63, 3.8) is 0 Å². The highest BCUT2D eigenvalue weighted by atomic mass is 32.1. The van der Waals surface area contributed by atoms with Gasteiger partial charge in [0.2, 0.25) is 5.89 Å². The third kappa shape index (κ3) is 3.57. The van der Waals surface area contributed by atoms with Gasteiger partial charge in [0.15, 0.2) is 0 Å². The minimum Gasteiger partial charge on any atom is -0.444 e. The van der Waals surface area contributed by atoms with Crippen molar-refractivity contribution >= 4 is 43.4 Å². The molecule has 184 valence electrons. The number of para-hydroxylation sites is 2. The van der Waals surface area contributed by atoms with Crippen LogP contribution in [0.4, 0.5) is 0 Å². The van der Waals surface area contributed by atoms with E-state index >= 15 is 0 Å². The Kier molecular flexibility index (Phi) is 4.93. The molecule has 0 amide bonds. The molecule has 39 heavy (non-hydrogen) atoms. The van der Waals surface area contributed by atoms with Gasteiger partial charge in [0.25, 0.3) is 0 Å². The maximum absolute atomic E-state index is 5.59. The first-order valence-electron chi connectivity index (χ1n) is 12.7. The Bertz CT molecular complexity index is 2120. The lowest BCUT2D eigenvalue weighted by molar-refractivity contribution is 0.575. The van der Waals surface area contributed by atoms with E-state index in [1.807, 2.05) is 36.5 Å². The van der Waals surface area contributed by atoms with Crippen LogP contribution in [-0.4, -0.2) is 19.5 Å². The molecule has 0 radical (unpaired) electrons. The van der Waals surface area contributed by atoms with Crippen molar-refractivity contribution in [3.05, 3.63) is 122 Å². The van der Waals surface area contributed by atoms with Crippen LogP contribution >= 0.6 is 11.3 Å². The fourth-order valence-corrected chi connectivity index (χ4v) is 6.31. The Labute approximate surface area is 227 Å². The average molecular weight is 521 g/mol. The summed E-state index contributed by atoms with van der Waals surface area (Å²) < 4.78 is 9.03. The number of aromatic nitrogens is 4. The number of oxazole rings is 1. The van der Waals surface area contributed by atoms with E-state index < -0.39 is 0 Å². The normalized spacial score (nSPS) is 11.6. The van der Waals surface area contributed by atoms with E-state index in [1.54, 1.807) is 23.8 Å². The number of hydrogen-bond acceptors (Lipinski definition) is 5. The van der Waals surface area contributed by atoms with Gasteiger partial charge in [-0.15, -0.1) is 11.3 Å². The van der Waals surface area contributed by atoms with Crippen LogP contribution in [0.2, 0.25) is 0 Å². The fourth-order valence-electron chi connectivity index (χ4n) is 5.32. The van der Waals surface area contributed by atoms with Crippen LogP contribution in [0.1, 0.15) is 0 Å². The maximum Gasteiger partial charge on any atom is 0.228 e. The summed E-state index contributed by atoms with van der Waals surface area (Å²) in [5.74, 6) is 0.584. The number of rotatable bonds is 4. The smallest absolute Gasteiger partial charge is 0.228 e. The summed E-state index contributed by atoms with van der Waals surface area (Å²) in [5.41, 5.74) is 8.32. The number of pyridine rings is 1. The highest BCUT2D eigenvalue weighted by Crippen LogP contribution is 2.39. The van der Waals surface area contributed by atoms with Gasteiger partial charge in [-0.1, -0.05) is 54.6 Å². The molecule has 0 saturated carbocycles. The van der Waals surface area contributed by atoms with Crippen LogP contribution in [0.3, 0.4) is 0 Å². The number of thiazole rings is 1. The monoisotopic (exact) mass is 520 g/mol. The summed E-state index contributed by atoms with van der Waals surface area (Å²) in [7, 11) is 0. The first-order chi connectivity index (χ1) is 19.3. The summed E-state index contributed by atoms with van der Waals surface area (Å²) in [6, 6.07) is 35.9. The predicted octanol–water partition coefficient (Wildman–Crippen LogP) is 8.78. The average Bonchev–Trinajstić information content (AvgIpc) is 3.75. The van der Waals surface area contributed by atoms with Crippen molar-refractivity contribution < 1.29 is 4.42 Å². The Morgan fingerprint density at radius 3 is 2.46 bits per heavy atom. The highest BCUT2D eigenvalue weighted by Gasteiger charge is 2.17. The van der Waals surface area contributed by atoms with E-state index in [1.165, 1.54) is 16.3 Å². The molecule has 8 aromatic rings. The Morgan fingerprint density at radius 1 is 0.667 bits per heavy atom. The van der Waals surface area contributed by atoms with Gasteiger partial charge < -0.3 is 8.98 Å². The van der Waals surface area contributed by atoms with E-state index in [4.69, 9.17) is 9.40 Å². The zero-order chi connectivity index (χ0) is 25.8. The lowest BCUT2D eigenvalue weighted by Crippen LogP contribution is -1.95. The van der Waals surface area contributed by atoms with Crippen LogP contribution in [-0.2, 0) is 0 Å². The highest BCUT2D eigenvalue weighted by molar-refractivity contribution is 7.21. The van der Waals surface area contributed by atoms with E-state index in [0.29, 0.717) is 5.89 Å². The molecule has 4 aromatic heterocycles. The molecule has 6 heteroatoms. The van der Waals surface area contributed by atoms with Gasteiger partial charge in [-0.2, -0.15) is 0 Å². The Hall–Kier alpha value is -5.07. The summed E-state index contributed by atoms with van der Waals surface area (Å²) in [5, 5.41) is 3.39. The molecule has 0 aliphatic rings. The summed E-state index contributed by atoms with van der Waals surface area (Å²) in [4.78, 5) is 14.0. The van der Waals surface area contributed by atoms with E-state index in [0.717, 1.165) is 48.8 Å². The Balaban J connectivity index is 1.34. The second kappa shape index (κ2) is 8.75. The SMILES string of the molecule is c1ccc(-c2cccc(-n3c4ccccc4c4ccc(-c5nc6c(-c7ncco7)cccc6s5)cc43)c2)nc1. The second-order valence-corrected chi connectivity index (χ2v) is 10.4. The van der Waals surface area contributed by atoms with E-state index in [2.05, 4.69) is 87.3 Å². The molecule has 5 nitrogen and oxygen atoms in total. The number of benzene rings is 4. The third-order valence-corrected chi connectivity index (χ3v) is 8.14. The quantitative estimate of drug-likeness (QED) is 0.233. The lowest BCUT2D eigenvalue weighted by Gasteiger charge is -2.10. The molecule has 0 saturated heterocycles. The molecule has 4 aromatic carbocycles. The molecule has 8 rings (SSSR count). The van der Waals surface area contributed by atoms with E-state index in [9.17, 15) is 0 Å². The summed E-state index contributed by atoms with van der Waals surface area (Å²) in [6.07, 6.45) is 5.09. The van der Waals surface area contributed by atoms with E-state index in [-0.39, 0.29) is 0 Å². The van der Waals surface area contributed by atoms with Gasteiger partial charge in [-0.3, -0.25) is 4.98 Å². The number of nitrogens with zero attached hydrogens (tertiary/aromatic N) is 4. The van der Waals surface area contributed by atoms with Gasteiger partial charge in [0, 0.05) is 33.8 Å². The molecule has 0 aliphatic carbocycles. The van der Waals surface area contributed by atoms with Crippen LogP contribution < -0.4 is 0 Å². The largest absolute Gasteiger partial charge is 0.444 e. The molecule has 0 bridgehead atoms. The first kappa shape index (κ1) is 22.0. The lowest BCUT2D eigenvalue weighted by atomic mass is 10.1. The molecule has 4 heterocycles. The standard InChI is InChI=1S/C33H20N4OS/c1-2-12-28-24(9-1)25-15-14-22(33-36-31-26(32-35-17-18-38-32)10-6-13-30(31)39-33)20-29(25)37(28)23-8-5-7-21(19-23)27-11-3-4-16-34-27/h1-20H. The summed E-state index contributed by atoms with van der Waals surface area (Å²) in [6.45, 7) is 0. The van der Waals surface area contributed by atoms with Gasteiger partial charge >= 0.3 is 0 Å². The van der Waals surface area contributed by atoms with Crippen LogP contribution in [0, 0.1) is 0 Å². The fraction of sp³-hybridized carbons (Fsp3) is 0. The molecule has 0 aliphatic heterocycles. The van der Waals surface area contributed by atoms with Crippen molar-refractivity contribution in [2.24, 2.45) is 0 Å². The molecular formula is C33H20N4OS. The maximum atomic E-state index is 5.59. The van der Waals surface area contributed by atoms with Crippen LogP contribution in [0.25, 0.3) is 71.0 Å². The topological polar surface area (TPSA) is 56.7 Å². The molecule has 0 unspecified atom stereocenters. The van der Waals surface area contributed by atoms with Crippen molar-refractivity contribution in [1.29, 1.82) is 0 Å². The molecule has 0 atom stereocenters. The van der Waals surface area contributed by atoms with Gasteiger partial charge in [-0.25, -0.2) is 9.97 Å². The van der Waals surface area contributed by atoms with Crippen molar-refractivity contribution in [3.8, 4) is 39.0 Å². The Morgan fingerprint density at radius 2 is 1.56 bits per heavy atom. The molecule has 0 spiro atoms. The van der Waals surface area contributed by atoms with Gasteiger partial charge in [-0.05, 0) is 48.5 Å². The van der Waals surface area contributed by atoms with Crippen molar-refractivity contribution in [2.75, 3.05) is 0 Å². The first-order valence-corrected chi connectivity index (χ1v) is 13.5. The third-order valence-electron chi connectivity index (χ3n) is 7.07. The van der Waals surface area contributed by atoms with Crippen molar-refractivity contribution in [2.45, 2.75) is 0 Å². The minimum atomic E-state index is 0.584. The summed E-state index contributed by atoms with van der Waals surface area (Å²) >= 11 is 1.68. The number of fused-ring (bicyclic) bond motifs is 4. The zero-order valence-electron chi connectivity index (χ0n) is 20.7. The zero-order valence-corrected chi connectivity index (χ0v) is 21.5. The minimum absolute atomic E-state index is 0.584. The number of hydrogen-bond donors (Lipinski definition) is 0. The second-order valence-electron chi connectivity index (χ2n) is 9.36. The van der Waals surface area contributed by atoms with Crippen LogP contribution in [0.15, 0.2) is 126 Å². The predicted molar refractivity (Wildman–Crippen MR) is 158 cm³/mol. The van der Waals surface area contributed by atoms with Crippen molar-refractivity contribution in [1.82, 2.24) is 19.5 Å². The molecule has 0 fully saturated rings.